The molecule has 1 aliphatic heterocycles. The molecule has 8 nitrogen and oxygen atoms in total. The number of aromatic nitrogens is 1. The van der Waals surface area contributed by atoms with Gasteiger partial charge in [0.1, 0.15) is 27.2 Å². The van der Waals surface area contributed by atoms with Gasteiger partial charge in [0.2, 0.25) is 5.91 Å². The molecule has 0 bridgehead atoms. The number of amides is 1. The predicted molar refractivity (Wildman–Crippen MR) is 144 cm³/mol. The number of nitrogens with one attached hydrogen (secondary N) is 2. The number of benzene rings is 2. The Bertz CT molecular complexity index is 1330. The first-order chi connectivity index (χ1) is 17.4. The maximum Gasteiger partial charge on any atom is 0.296 e. The van der Waals surface area contributed by atoms with Crippen molar-refractivity contribution in [3.63, 3.8) is 0 Å². The SMILES string of the molecule is CC(C)(C)C[C@H](Nc1nc2ccccc2o1)C(=O)N[C@@H](CCS(C)(=O)=O)CN1CCc2cc(F)ccc21. The van der Waals surface area contributed by atoms with Gasteiger partial charge in [0.25, 0.3) is 6.01 Å². The van der Waals surface area contributed by atoms with Gasteiger partial charge in [-0.2, -0.15) is 4.98 Å². The lowest BCUT2D eigenvalue weighted by atomic mass is 9.87. The molecule has 10 heteroatoms. The molecule has 0 unspecified atom stereocenters. The molecule has 1 aromatic heterocycles. The highest BCUT2D eigenvalue weighted by molar-refractivity contribution is 7.90. The Balaban J connectivity index is 1.53. The molecule has 4 rings (SSSR count). The summed E-state index contributed by atoms with van der Waals surface area (Å²) < 4.78 is 43.4. The molecule has 0 spiro atoms. The van der Waals surface area contributed by atoms with Gasteiger partial charge in [0, 0.05) is 31.1 Å². The van der Waals surface area contributed by atoms with Crippen LogP contribution in [0.3, 0.4) is 0 Å². The molecule has 2 aromatic carbocycles. The molecule has 2 heterocycles. The fourth-order valence-corrected chi connectivity index (χ4v) is 5.38. The van der Waals surface area contributed by atoms with Gasteiger partial charge in [-0.1, -0.05) is 32.9 Å². The van der Waals surface area contributed by atoms with E-state index in [1.165, 1.54) is 18.4 Å². The second-order valence-electron chi connectivity index (χ2n) is 11.0. The maximum atomic E-state index is 13.7. The maximum absolute atomic E-state index is 13.7. The van der Waals surface area contributed by atoms with E-state index >= 15 is 0 Å². The van der Waals surface area contributed by atoms with Crippen LogP contribution in [0, 0.1) is 11.2 Å². The van der Waals surface area contributed by atoms with E-state index in [1.54, 1.807) is 6.07 Å². The molecule has 1 aliphatic rings. The molecular weight excluding hydrogens is 495 g/mol. The van der Waals surface area contributed by atoms with Crippen molar-refractivity contribution in [3.05, 3.63) is 53.8 Å². The van der Waals surface area contributed by atoms with Crippen LogP contribution in [-0.4, -0.2) is 56.5 Å². The number of carbonyl (C=O) groups is 1. The number of anilines is 2. The Kier molecular flexibility index (Phi) is 7.77. The minimum Gasteiger partial charge on any atom is -0.424 e. The van der Waals surface area contributed by atoms with Crippen molar-refractivity contribution < 1.29 is 22.0 Å². The highest BCUT2D eigenvalue weighted by Crippen LogP contribution is 2.29. The zero-order valence-electron chi connectivity index (χ0n) is 21.8. The van der Waals surface area contributed by atoms with Crippen LogP contribution >= 0.6 is 0 Å². The number of halogens is 1. The smallest absolute Gasteiger partial charge is 0.296 e. The zero-order valence-corrected chi connectivity index (χ0v) is 22.6. The van der Waals surface area contributed by atoms with E-state index in [0.29, 0.717) is 37.0 Å². The van der Waals surface area contributed by atoms with Crippen LogP contribution in [0.4, 0.5) is 16.1 Å². The molecule has 0 radical (unpaired) electrons. The highest BCUT2D eigenvalue weighted by atomic mass is 32.2. The number of hydrogen-bond acceptors (Lipinski definition) is 7. The quantitative estimate of drug-likeness (QED) is 0.405. The number of sulfone groups is 1. The Morgan fingerprint density at radius 2 is 1.97 bits per heavy atom. The average molecular weight is 531 g/mol. The summed E-state index contributed by atoms with van der Waals surface area (Å²) in [4.78, 5) is 20.1. The van der Waals surface area contributed by atoms with Gasteiger partial charge in [-0.05, 0) is 60.6 Å². The topological polar surface area (TPSA) is 105 Å². The van der Waals surface area contributed by atoms with Crippen molar-refractivity contribution in [3.8, 4) is 0 Å². The summed E-state index contributed by atoms with van der Waals surface area (Å²) in [6.07, 6.45) is 2.66. The van der Waals surface area contributed by atoms with Crippen molar-refractivity contribution in [2.24, 2.45) is 5.41 Å². The summed E-state index contributed by atoms with van der Waals surface area (Å²) in [6, 6.07) is 11.3. The molecule has 37 heavy (non-hydrogen) atoms. The molecule has 2 N–H and O–H groups in total. The first-order valence-corrected chi connectivity index (χ1v) is 14.6. The summed E-state index contributed by atoms with van der Waals surface area (Å²) in [5, 5.41) is 6.24. The number of fused-ring (bicyclic) bond motifs is 2. The van der Waals surface area contributed by atoms with Crippen LogP contribution < -0.4 is 15.5 Å². The van der Waals surface area contributed by atoms with Crippen molar-refractivity contribution in [2.75, 3.05) is 35.3 Å². The molecule has 3 aromatic rings. The Hall–Kier alpha value is -3.14. The van der Waals surface area contributed by atoms with Gasteiger partial charge in [-0.15, -0.1) is 0 Å². The van der Waals surface area contributed by atoms with E-state index in [9.17, 15) is 17.6 Å². The minimum absolute atomic E-state index is 0.0510. The molecule has 0 aliphatic carbocycles. The monoisotopic (exact) mass is 530 g/mol. The van der Waals surface area contributed by atoms with Crippen LogP contribution in [0.5, 0.6) is 0 Å². The fraction of sp³-hybridized carbons (Fsp3) is 0.481. The fourth-order valence-electron chi connectivity index (χ4n) is 4.67. The van der Waals surface area contributed by atoms with E-state index in [0.717, 1.165) is 11.3 Å². The van der Waals surface area contributed by atoms with Gasteiger partial charge in [-0.25, -0.2) is 12.8 Å². The number of para-hydroxylation sites is 2. The van der Waals surface area contributed by atoms with Gasteiger partial charge in [0.05, 0.1) is 5.75 Å². The Morgan fingerprint density at radius 3 is 2.68 bits per heavy atom. The third-order valence-corrected chi connectivity index (χ3v) is 7.36. The number of hydrogen-bond donors (Lipinski definition) is 2. The van der Waals surface area contributed by atoms with Gasteiger partial charge in [-0.3, -0.25) is 4.79 Å². The summed E-state index contributed by atoms with van der Waals surface area (Å²) in [5.41, 5.74) is 2.96. The van der Waals surface area contributed by atoms with Gasteiger partial charge in [0.15, 0.2) is 5.58 Å². The second kappa shape index (κ2) is 10.7. The summed E-state index contributed by atoms with van der Waals surface area (Å²) in [5.74, 6) is -0.586. The standard InChI is InChI=1S/C27H35FN4O4S/c1-27(2,3)16-22(31-26-30-21-7-5-6-8-24(21)36-26)25(33)29-20(12-14-37(4,34)35)17-32-13-11-18-15-19(28)9-10-23(18)32/h5-10,15,20,22H,11-14,16-17H2,1-4H3,(H,29,33)(H,30,31)/t20-,22-/m0/s1. The molecular formula is C27H35FN4O4S. The lowest BCUT2D eigenvalue weighted by Crippen LogP contribution is -2.50. The van der Waals surface area contributed by atoms with Crippen molar-refractivity contribution in [1.82, 2.24) is 10.3 Å². The first-order valence-electron chi connectivity index (χ1n) is 12.5. The molecule has 0 saturated carbocycles. The molecule has 2 atom stereocenters. The summed E-state index contributed by atoms with van der Waals surface area (Å²) >= 11 is 0. The number of rotatable bonds is 10. The van der Waals surface area contributed by atoms with Crippen LogP contribution in [0.1, 0.15) is 39.2 Å². The van der Waals surface area contributed by atoms with Gasteiger partial charge >= 0.3 is 0 Å². The third-order valence-electron chi connectivity index (χ3n) is 6.38. The Morgan fingerprint density at radius 1 is 1.22 bits per heavy atom. The van der Waals surface area contributed by atoms with Crippen molar-refractivity contribution >= 4 is 38.5 Å². The lowest BCUT2D eigenvalue weighted by molar-refractivity contribution is -0.123. The van der Waals surface area contributed by atoms with Crippen LogP contribution in [-0.2, 0) is 21.1 Å². The first kappa shape index (κ1) is 26.9. The number of carbonyl (C=O) groups excluding carboxylic acids is 1. The van der Waals surface area contributed by atoms with Crippen LogP contribution in [0.2, 0.25) is 0 Å². The molecule has 0 fully saturated rings. The lowest BCUT2D eigenvalue weighted by Gasteiger charge is -2.30. The largest absolute Gasteiger partial charge is 0.424 e. The van der Waals surface area contributed by atoms with Crippen molar-refractivity contribution in [2.45, 2.75) is 52.1 Å². The number of oxazole rings is 1. The summed E-state index contributed by atoms with van der Waals surface area (Å²) in [7, 11) is -3.23. The molecule has 0 saturated heterocycles. The van der Waals surface area contributed by atoms with E-state index in [4.69, 9.17) is 4.42 Å². The van der Waals surface area contributed by atoms with E-state index < -0.39 is 21.9 Å². The second-order valence-corrected chi connectivity index (χ2v) is 13.3. The highest BCUT2D eigenvalue weighted by Gasteiger charge is 2.30. The van der Waals surface area contributed by atoms with Gasteiger partial charge < -0.3 is 20.0 Å². The van der Waals surface area contributed by atoms with Crippen LogP contribution in [0.15, 0.2) is 46.9 Å². The Labute approximate surface area is 217 Å². The predicted octanol–water partition coefficient (Wildman–Crippen LogP) is 4.17. The van der Waals surface area contributed by atoms with Crippen LogP contribution in [0.25, 0.3) is 11.1 Å². The number of nitrogens with zero attached hydrogens (tertiary/aromatic N) is 2. The third kappa shape index (κ3) is 7.44. The average Bonchev–Trinajstić information content (AvgIpc) is 3.38. The molecule has 1 amide bonds. The normalized spacial score (nSPS) is 15.4. The van der Waals surface area contributed by atoms with E-state index in [1.807, 2.05) is 45.0 Å². The minimum atomic E-state index is -3.23. The molecule has 200 valence electrons. The van der Waals surface area contributed by atoms with Crippen molar-refractivity contribution in [1.29, 1.82) is 0 Å². The zero-order chi connectivity index (χ0) is 26.8. The summed E-state index contributed by atoms with van der Waals surface area (Å²) in [6.45, 7) is 7.23. The van der Waals surface area contributed by atoms with E-state index in [-0.39, 0.29) is 35.3 Å². The van der Waals surface area contributed by atoms with E-state index in [2.05, 4.69) is 20.5 Å².